The minimum atomic E-state index is -0.0442. The second-order valence-electron chi connectivity index (χ2n) is 6.14. The van der Waals surface area contributed by atoms with Gasteiger partial charge in [0.25, 0.3) is 0 Å². The zero-order valence-electron chi connectivity index (χ0n) is 12.1. The number of amides is 1. The monoisotopic (exact) mass is 283 g/mol. The van der Waals surface area contributed by atoms with Gasteiger partial charge in [-0.1, -0.05) is 25.0 Å². The molecule has 1 aliphatic heterocycles. The fraction of sp³-hybridized carbons (Fsp3) is 0.529. The average Bonchev–Trinajstić information content (AvgIpc) is 2.97. The van der Waals surface area contributed by atoms with Crippen molar-refractivity contribution in [3.8, 4) is 6.07 Å². The summed E-state index contributed by atoms with van der Waals surface area (Å²) in [4.78, 5) is 12.3. The predicted molar refractivity (Wildman–Crippen MR) is 80.3 cm³/mol. The maximum Gasteiger partial charge on any atom is 0.237 e. The fourth-order valence-electron chi connectivity index (χ4n) is 3.58. The quantitative estimate of drug-likeness (QED) is 0.893. The molecule has 3 unspecified atom stereocenters. The minimum Gasteiger partial charge on any atom is -0.351 e. The van der Waals surface area contributed by atoms with E-state index in [4.69, 9.17) is 5.26 Å². The van der Waals surface area contributed by atoms with Gasteiger partial charge in [-0.25, -0.2) is 0 Å². The summed E-state index contributed by atoms with van der Waals surface area (Å²) < 4.78 is 0. The highest BCUT2D eigenvalue weighted by Gasteiger charge is 2.37. The van der Waals surface area contributed by atoms with Crippen LogP contribution in [0, 0.1) is 17.2 Å². The molecule has 1 aromatic carbocycles. The van der Waals surface area contributed by atoms with Gasteiger partial charge in [-0.15, -0.1) is 0 Å². The van der Waals surface area contributed by atoms with Gasteiger partial charge >= 0.3 is 0 Å². The van der Waals surface area contributed by atoms with Crippen molar-refractivity contribution in [1.29, 1.82) is 5.26 Å². The first-order valence-electron chi connectivity index (χ1n) is 7.79. The molecule has 1 aromatic rings. The van der Waals surface area contributed by atoms with Crippen molar-refractivity contribution in [3.05, 3.63) is 35.4 Å². The van der Waals surface area contributed by atoms with E-state index in [9.17, 15) is 4.79 Å². The van der Waals surface area contributed by atoms with E-state index >= 15 is 0 Å². The SMILES string of the molecule is N#Cc1cccc(CNC(=O)C2CC3CCCCC3N2)c1. The molecule has 2 aliphatic rings. The lowest BCUT2D eigenvalue weighted by atomic mass is 9.85. The molecule has 1 saturated heterocycles. The maximum atomic E-state index is 12.3. The summed E-state index contributed by atoms with van der Waals surface area (Å²) in [5, 5.41) is 15.4. The maximum absolute atomic E-state index is 12.3. The lowest BCUT2D eigenvalue weighted by Crippen LogP contribution is -2.42. The van der Waals surface area contributed by atoms with E-state index in [1.165, 1.54) is 25.7 Å². The molecule has 21 heavy (non-hydrogen) atoms. The van der Waals surface area contributed by atoms with Crippen LogP contribution in [-0.4, -0.2) is 18.0 Å². The summed E-state index contributed by atoms with van der Waals surface area (Å²) in [5.74, 6) is 0.767. The van der Waals surface area contributed by atoms with Crippen LogP contribution in [0.25, 0.3) is 0 Å². The molecule has 3 atom stereocenters. The number of nitrogens with zero attached hydrogens (tertiary/aromatic N) is 1. The Hall–Kier alpha value is -1.86. The second kappa shape index (κ2) is 6.28. The Kier molecular flexibility index (Phi) is 4.21. The number of nitrogens with one attached hydrogen (secondary N) is 2. The lowest BCUT2D eigenvalue weighted by Gasteiger charge is -2.24. The Morgan fingerprint density at radius 3 is 3.05 bits per heavy atom. The highest BCUT2D eigenvalue weighted by Crippen LogP contribution is 2.33. The zero-order chi connectivity index (χ0) is 14.7. The molecule has 1 saturated carbocycles. The predicted octanol–water partition coefficient (Wildman–Crippen LogP) is 2.10. The number of fused-ring (bicyclic) bond motifs is 1. The summed E-state index contributed by atoms with van der Waals surface area (Å²) in [7, 11) is 0. The third kappa shape index (κ3) is 3.25. The van der Waals surface area contributed by atoms with E-state index in [1.807, 2.05) is 18.2 Å². The summed E-state index contributed by atoms with van der Waals surface area (Å²) in [6.45, 7) is 0.488. The van der Waals surface area contributed by atoms with Gasteiger partial charge in [0.2, 0.25) is 5.91 Å². The molecule has 0 radical (unpaired) electrons. The highest BCUT2D eigenvalue weighted by molar-refractivity contribution is 5.82. The van der Waals surface area contributed by atoms with Crippen LogP contribution in [0.4, 0.5) is 0 Å². The van der Waals surface area contributed by atoms with Gasteiger partial charge in [0, 0.05) is 12.6 Å². The summed E-state index contributed by atoms with van der Waals surface area (Å²) in [6.07, 6.45) is 6.01. The van der Waals surface area contributed by atoms with E-state index in [0.29, 0.717) is 24.1 Å². The van der Waals surface area contributed by atoms with Crippen LogP contribution < -0.4 is 10.6 Å². The first-order valence-corrected chi connectivity index (χ1v) is 7.79. The summed E-state index contributed by atoms with van der Waals surface area (Å²) >= 11 is 0. The van der Waals surface area contributed by atoms with Crippen LogP contribution in [0.15, 0.2) is 24.3 Å². The fourth-order valence-corrected chi connectivity index (χ4v) is 3.58. The van der Waals surface area contributed by atoms with Crippen LogP contribution in [0.3, 0.4) is 0 Å². The number of carbonyl (C=O) groups excluding carboxylic acids is 1. The molecule has 0 bridgehead atoms. The van der Waals surface area contributed by atoms with Crippen molar-refractivity contribution in [2.24, 2.45) is 5.92 Å². The number of carbonyl (C=O) groups is 1. The minimum absolute atomic E-state index is 0.0442. The number of benzene rings is 1. The van der Waals surface area contributed by atoms with Gasteiger partial charge in [0.05, 0.1) is 17.7 Å². The van der Waals surface area contributed by atoms with E-state index in [2.05, 4.69) is 16.7 Å². The van der Waals surface area contributed by atoms with E-state index in [1.54, 1.807) is 6.07 Å². The van der Waals surface area contributed by atoms with Gasteiger partial charge in [-0.05, 0) is 42.9 Å². The first-order chi connectivity index (χ1) is 10.3. The topological polar surface area (TPSA) is 64.9 Å². The van der Waals surface area contributed by atoms with Crippen molar-refractivity contribution in [1.82, 2.24) is 10.6 Å². The van der Waals surface area contributed by atoms with Gasteiger partial charge < -0.3 is 10.6 Å². The van der Waals surface area contributed by atoms with Crippen molar-refractivity contribution < 1.29 is 4.79 Å². The molecular formula is C17H21N3O. The van der Waals surface area contributed by atoms with Crippen molar-refractivity contribution in [2.75, 3.05) is 0 Å². The molecule has 2 N–H and O–H groups in total. The Bertz CT molecular complexity index is 549. The highest BCUT2D eigenvalue weighted by atomic mass is 16.2. The number of nitriles is 1. The summed E-state index contributed by atoms with van der Waals surface area (Å²) in [6, 6.07) is 9.99. The smallest absolute Gasteiger partial charge is 0.237 e. The molecular weight excluding hydrogens is 262 g/mol. The molecule has 4 nitrogen and oxygen atoms in total. The van der Waals surface area contributed by atoms with Crippen LogP contribution in [0.1, 0.15) is 43.2 Å². The standard InChI is InChI=1S/C17H21N3O/c18-10-12-4-3-5-13(8-12)11-19-17(21)16-9-14-6-1-2-7-15(14)20-16/h3-5,8,14-16,20H,1-2,6-7,9,11H2,(H,19,21). The normalized spacial score (nSPS) is 27.7. The van der Waals surface area contributed by atoms with Crippen molar-refractivity contribution in [2.45, 2.75) is 50.7 Å². The van der Waals surface area contributed by atoms with E-state index in [0.717, 1.165) is 12.0 Å². The Labute approximate surface area is 125 Å². The van der Waals surface area contributed by atoms with Gasteiger partial charge in [-0.3, -0.25) is 4.79 Å². The molecule has 3 rings (SSSR count). The van der Waals surface area contributed by atoms with Crippen molar-refractivity contribution in [3.63, 3.8) is 0 Å². The summed E-state index contributed by atoms with van der Waals surface area (Å²) in [5.41, 5.74) is 1.60. The van der Waals surface area contributed by atoms with Crippen molar-refractivity contribution >= 4 is 5.91 Å². The van der Waals surface area contributed by atoms with Crippen LogP contribution in [-0.2, 0) is 11.3 Å². The van der Waals surface area contributed by atoms with E-state index in [-0.39, 0.29) is 11.9 Å². The largest absolute Gasteiger partial charge is 0.351 e. The lowest BCUT2D eigenvalue weighted by molar-refractivity contribution is -0.123. The Morgan fingerprint density at radius 2 is 2.24 bits per heavy atom. The zero-order valence-corrected chi connectivity index (χ0v) is 12.1. The van der Waals surface area contributed by atoms with Crippen LogP contribution in [0.2, 0.25) is 0 Å². The Balaban J connectivity index is 1.53. The molecule has 1 amide bonds. The Morgan fingerprint density at radius 1 is 1.38 bits per heavy atom. The number of hydrogen-bond acceptors (Lipinski definition) is 3. The molecule has 0 spiro atoms. The number of hydrogen-bond donors (Lipinski definition) is 2. The van der Waals surface area contributed by atoms with Gasteiger partial charge in [0.15, 0.2) is 0 Å². The third-order valence-electron chi connectivity index (χ3n) is 4.70. The molecule has 4 heteroatoms. The first kappa shape index (κ1) is 14.1. The molecule has 1 heterocycles. The van der Waals surface area contributed by atoms with Crippen LogP contribution in [0.5, 0.6) is 0 Å². The van der Waals surface area contributed by atoms with Gasteiger partial charge in [-0.2, -0.15) is 5.26 Å². The third-order valence-corrected chi connectivity index (χ3v) is 4.70. The molecule has 110 valence electrons. The molecule has 1 aliphatic carbocycles. The molecule has 2 fully saturated rings. The average molecular weight is 283 g/mol. The molecule has 0 aromatic heterocycles. The van der Waals surface area contributed by atoms with Crippen LogP contribution >= 0.6 is 0 Å². The van der Waals surface area contributed by atoms with E-state index < -0.39 is 0 Å². The second-order valence-corrected chi connectivity index (χ2v) is 6.14. The number of rotatable bonds is 3. The van der Waals surface area contributed by atoms with Gasteiger partial charge in [0.1, 0.15) is 0 Å².